The van der Waals surface area contributed by atoms with E-state index >= 15 is 0 Å². The Labute approximate surface area is 114 Å². The van der Waals surface area contributed by atoms with Gasteiger partial charge in [-0.25, -0.2) is 0 Å². The summed E-state index contributed by atoms with van der Waals surface area (Å²) in [4.78, 5) is 13.6. The molecule has 2 heterocycles. The van der Waals surface area contributed by atoms with E-state index in [-0.39, 0.29) is 5.91 Å². The standard InChI is InChI=1S/C13H17N3O2S/c14-10-8-11-9(1-2-13(17)15-11)7-12(10)16-3-5-19(18)6-4-16/h7-8H,1-6,14H2,(H,15,17). The van der Waals surface area contributed by atoms with Gasteiger partial charge in [0.25, 0.3) is 0 Å². The number of amides is 1. The number of fused-ring (bicyclic) bond motifs is 1. The van der Waals surface area contributed by atoms with Crippen LogP contribution in [0.1, 0.15) is 12.0 Å². The molecule has 1 saturated heterocycles. The Morgan fingerprint density at radius 1 is 1.21 bits per heavy atom. The highest BCUT2D eigenvalue weighted by Crippen LogP contribution is 2.33. The van der Waals surface area contributed by atoms with E-state index in [1.165, 1.54) is 0 Å². The van der Waals surface area contributed by atoms with Crippen molar-refractivity contribution in [3.05, 3.63) is 17.7 Å². The van der Waals surface area contributed by atoms with E-state index in [9.17, 15) is 9.00 Å². The van der Waals surface area contributed by atoms with Crippen molar-refractivity contribution in [1.29, 1.82) is 0 Å². The Hall–Kier alpha value is -1.56. The average Bonchev–Trinajstić information content (AvgIpc) is 2.39. The first-order valence-electron chi connectivity index (χ1n) is 6.45. The van der Waals surface area contributed by atoms with Gasteiger partial charge in [0.2, 0.25) is 5.91 Å². The van der Waals surface area contributed by atoms with E-state index in [1.807, 2.05) is 6.07 Å². The van der Waals surface area contributed by atoms with Crippen LogP contribution in [-0.2, 0) is 22.0 Å². The molecular weight excluding hydrogens is 262 g/mol. The van der Waals surface area contributed by atoms with Crippen LogP contribution in [0, 0.1) is 0 Å². The van der Waals surface area contributed by atoms with E-state index in [0.717, 1.165) is 36.4 Å². The van der Waals surface area contributed by atoms with E-state index in [4.69, 9.17) is 5.73 Å². The van der Waals surface area contributed by atoms with Crippen molar-refractivity contribution in [1.82, 2.24) is 0 Å². The zero-order chi connectivity index (χ0) is 13.4. The molecule has 0 bridgehead atoms. The molecule has 5 nitrogen and oxygen atoms in total. The molecule has 2 aliphatic rings. The largest absolute Gasteiger partial charge is 0.397 e. The molecule has 1 amide bonds. The lowest BCUT2D eigenvalue weighted by atomic mass is 10.0. The number of nitrogens with one attached hydrogen (secondary N) is 1. The maximum absolute atomic E-state index is 11.4. The van der Waals surface area contributed by atoms with E-state index in [1.54, 1.807) is 0 Å². The maximum atomic E-state index is 11.4. The molecule has 0 unspecified atom stereocenters. The predicted molar refractivity (Wildman–Crippen MR) is 77.9 cm³/mol. The molecule has 19 heavy (non-hydrogen) atoms. The van der Waals surface area contributed by atoms with Crippen LogP contribution < -0.4 is 16.0 Å². The quantitative estimate of drug-likeness (QED) is 0.743. The van der Waals surface area contributed by atoms with Gasteiger partial charge < -0.3 is 16.0 Å². The molecule has 1 aromatic carbocycles. The van der Waals surface area contributed by atoms with Gasteiger partial charge in [0.1, 0.15) is 0 Å². The second-order valence-corrected chi connectivity index (χ2v) is 6.65. The number of carbonyl (C=O) groups is 1. The summed E-state index contributed by atoms with van der Waals surface area (Å²) in [5.41, 5.74) is 9.73. The SMILES string of the molecule is Nc1cc2c(cc1N1CCS(=O)CC1)CCC(=O)N2. The van der Waals surface area contributed by atoms with Crippen LogP contribution in [0.4, 0.5) is 17.1 Å². The summed E-state index contributed by atoms with van der Waals surface area (Å²) >= 11 is 0. The van der Waals surface area contributed by atoms with Gasteiger partial charge in [-0.15, -0.1) is 0 Å². The lowest BCUT2D eigenvalue weighted by Crippen LogP contribution is -2.38. The van der Waals surface area contributed by atoms with Crippen molar-refractivity contribution < 1.29 is 9.00 Å². The van der Waals surface area contributed by atoms with Gasteiger partial charge in [-0.3, -0.25) is 9.00 Å². The number of nitrogens with zero attached hydrogens (tertiary/aromatic N) is 1. The number of nitrogen functional groups attached to an aromatic ring is 1. The van der Waals surface area contributed by atoms with Crippen LogP contribution in [0.3, 0.4) is 0 Å². The van der Waals surface area contributed by atoms with Crippen LogP contribution >= 0.6 is 0 Å². The molecule has 102 valence electrons. The highest BCUT2D eigenvalue weighted by molar-refractivity contribution is 7.85. The Bertz CT molecular complexity index is 549. The molecule has 6 heteroatoms. The molecule has 0 atom stereocenters. The maximum Gasteiger partial charge on any atom is 0.224 e. The summed E-state index contributed by atoms with van der Waals surface area (Å²) in [5, 5.41) is 2.85. The number of carbonyl (C=O) groups excluding carboxylic acids is 1. The Morgan fingerprint density at radius 2 is 1.95 bits per heavy atom. The predicted octanol–water partition coefficient (Wildman–Crippen LogP) is 0.722. The molecule has 3 rings (SSSR count). The van der Waals surface area contributed by atoms with Gasteiger partial charge in [0.15, 0.2) is 0 Å². The summed E-state index contributed by atoms with van der Waals surface area (Å²) in [6, 6.07) is 3.91. The Balaban J connectivity index is 1.90. The molecule has 0 aliphatic carbocycles. The number of rotatable bonds is 1. The second-order valence-electron chi connectivity index (χ2n) is 4.95. The van der Waals surface area contributed by atoms with Crippen molar-refractivity contribution >= 4 is 33.8 Å². The summed E-state index contributed by atoms with van der Waals surface area (Å²) < 4.78 is 11.4. The number of hydrogen-bond donors (Lipinski definition) is 2. The monoisotopic (exact) mass is 279 g/mol. The fourth-order valence-corrected chi connectivity index (χ4v) is 3.64. The van der Waals surface area contributed by atoms with Crippen LogP contribution in [0.15, 0.2) is 12.1 Å². The normalized spacial score (nSPS) is 20.0. The van der Waals surface area contributed by atoms with Crippen LogP contribution in [0.2, 0.25) is 0 Å². The lowest BCUT2D eigenvalue weighted by molar-refractivity contribution is -0.116. The van der Waals surface area contributed by atoms with Crippen molar-refractivity contribution in [3.8, 4) is 0 Å². The van der Waals surface area contributed by atoms with Gasteiger partial charge in [-0.1, -0.05) is 0 Å². The van der Waals surface area contributed by atoms with Gasteiger partial charge in [0.05, 0.1) is 11.4 Å². The molecule has 0 saturated carbocycles. The van der Waals surface area contributed by atoms with E-state index in [2.05, 4.69) is 16.3 Å². The number of benzene rings is 1. The van der Waals surface area contributed by atoms with Crippen LogP contribution in [-0.4, -0.2) is 34.7 Å². The van der Waals surface area contributed by atoms with Crippen molar-refractivity contribution in [2.75, 3.05) is 40.5 Å². The fraction of sp³-hybridized carbons (Fsp3) is 0.462. The second kappa shape index (κ2) is 4.85. The number of hydrogen-bond acceptors (Lipinski definition) is 4. The zero-order valence-corrected chi connectivity index (χ0v) is 11.5. The highest BCUT2D eigenvalue weighted by atomic mass is 32.2. The number of aryl methyl sites for hydroxylation is 1. The van der Waals surface area contributed by atoms with Crippen molar-refractivity contribution in [2.24, 2.45) is 0 Å². The molecule has 1 fully saturated rings. The molecule has 0 radical (unpaired) electrons. The first-order valence-corrected chi connectivity index (χ1v) is 7.94. The molecular formula is C13H17N3O2S. The van der Waals surface area contributed by atoms with Crippen molar-refractivity contribution in [2.45, 2.75) is 12.8 Å². The van der Waals surface area contributed by atoms with E-state index < -0.39 is 10.8 Å². The minimum Gasteiger partial charge on any atom is -0.397 e. The number of anilines is 3. The third-order valence-electron chi connectivity index (χ3n) is 3.67. The summed E-state index contributed by atoms with van der Waals surface area (Å²) in [5.74, 6) is 1.45. The lowest BCUT2D eigenvalue weighted by Gasteiger charge is -2.31. The molecule has 0 aromatic heterocycles. The third kappa shape index (κ3) is 2.45. The fourth-order valence-electron chi connectivity index (χ4n) is 2.59. The van der Waals surface area contributed by atoms with Gasteiger partial charge >= 0.3 is 0 Å². The van der Waals surface area contributed by atoms with Crippen LogP contribution in [0.5, 0.6) is 0 Å². The highest BCUT2D eigenvalue weighted by Gasteiger charge is 2.21. The Morgan fingerprint density at radius 3 is 2.68 bits per heavy atom. The summed E-state index contributed by atoms with van der Waals surface area (Å²) in [6.07, 6.45) is 1.29. The van der Waals surface area contributed by atoms with Gasteiger partial charge in [-0.2, -0.15) is 0 Å². The third-order valence-corrected chi connectivity index (χ3v) is 4.94. The number of nitrogens with two attached hydrogens (primary N) is 1. The van der Waals surface area contributed by atoms with E-state index in [0.29, 0.717) is 23.6 Å². The molecule has 3 N–H and O–H groups in total. The minimum absolute atomic E-state index is 0.0491. The first kappa shape index (κ1) is 12.5. The topological polar surface area (TPSA) is 75.4 Å². The van der Waals surface area contributed by atoms with Crippen molar-refractivity contribution in [3.63, 3.8) is 0 Å². The van der Waals surface area contributed by atoms with Gasteiger partial charge in [0, 0.05) is 47.5 Å². The smallest absolute Gasteiger partial charge is 0.224 e. The summed E-state index contributed by atoms with van der Waals surface area (Å²) in [6.45, 7) is 1.56. The minimum atomic E-state index is -0.687. The zero-order valence-electron chi connectivity index (χ0n) is 10.6. The average molecular weight is 279 g/mol. The molecule has 0 spiro atoms. The first-order chi connectivity index (χ1) is 9.13. The summed E-state index contributed by atoms with van der Waals surface area (Å²) in [7, 11) is -0.687. The van der Waals surface area contributed by atoms with Crippen LogP contribution in [0.25, 0.3) is 0 Å². The molecule has 2 aliphatic heterocycles. The molecule has 1 aromatic rings. The Kier molecular flexibility index (Phi) is 3.18. The van der Waals surface area contributed by atoms with Gasteiger partial charge in [-0.05, 0) is 24.1 Å².